The highest BCUT2D eigenvalue weighted by Crippen LogP contribution is 2.24. The third kappa shape index (κ3) is 4.13. The SMILES string of the molecule is O=C(O)CCc1ccc(-c2ccc(Cl)cc2)n1NC(=O)c1ccccc1. The van der Waals surface area contributed by atoms with Gasteiger partial charge in [-0.3, -0.25) is 19.7 Å². The zero-order valence-electron chi connectivity index (χ0n) is 13.9. The molecule has 1 heterocycles. The molecule has 0 unspecified atom stereocenters. The number of carbonyl (C=O) groups excluding carboxylic acids is 1. The van der Waals surface area contributed by atoms with Crippen LogP contribution >= 0.6 is 11.6 Å². The number of aliphatic carboxylic acids is 1. The lowest BCUT2D eigenvalue weighted by Crippen LogP contribution is -2.25. The third-order valence-corrected chi connectivity index (χ3v) is 4.20. The van der Waals surface area contributed by atoms with Crippen LogP contribution in [0.4, 0.5) is 0 Å². The number of hydrogen-bond acceptors (Lipinski definition) is 2. The number of hydrogen-bond donors (Lipinski definition) is 2. The summed E-state index contributed by atoms with van der Waals surface area (Å²) < 4.78 is 1.64. The molecule has 0 aliphatic carbocycles. The zero-order valence-corrected chi connectivity index (χ0v) is 14.6. The molecule has 0 bridgehead atoms. The Labute approximate surface area is 155 Å². The second-order valence-corrected chi connectivity index (χ2v) is 6.19. The molecular formula is C20H17ClN2O3. The fraction of sp³-hybridized carbons (Fsp3) is 0.100. The second kappa shape index (κ2) is 7.89. The lowest BCUT2D eigenvalue weighted by molar-refractivity contribution is -0.136. The molecule has 26 heavy (non-hydrogen) atoms. The molecule has 0 radical (unpaired) electrons. The van der Waals surface area contributed by atoms with Crippen molar-refractivity contribution in [1.82, 2.24) is 4.68 Å². The van der Waals surface area contributed by atoms with Gasteiger partial charge in [0.05, 0.1) is 12.1 Å². The predicted molar refractivity (Wildman–Crippen MR) is 101 cm³/mol. The number of halogens is 1. The molecule has 1 aromatic heterocycles. The van der Waals surface area contributed by atoms with Crippen LogP contribution in [0.3, 0.4) is 0 Å². The Morgan fingerprint density at radius 1 is 0.962 bits per heavy atom. The van der Waals surface area contributed by atoms with Crippen LogP contribution in [0.15, 0.2) is 66.7 Å². The average Bonchev–Trinajstić information content (AvgIpc) is 3.04. The maximum absolute atomic E-state index is 12.6. The molecule has 132 valence electrons. The number of amides is 1. The van der Waals surface area contributed by atoms with Crippen LogP contribution in [-0.2, 0) is 11.2 Å². The van der Waals surface area contributed by atoms with Crippen molar-refractivity contribution < 1.29 is 14.7 Å². The molecule has 6 heteroatoms. The number of nitrogens with one attached hydrogen (secondary N) is 1. The molecule has 1 amide bonds. The third-order valence-electron chi connectivity index (χ3n) is 3.95. The van der Waals surface area contributed by atoms with Crippen LogP contribution in [0.2, 0.25) is 5.02 Å². The molecule has 0 saturated heterocycles. The normalized spacial score (nSPS) is 10.5. The van der Waals surface area contributed by atoms with Crippen molar-refractivity contribution >= 4 is 23.5 Å². The summed E-state index contributed by atoms with van der Waals surface area (Å²) in [6.45, 7) is 0. The first kappa shape index (κ1) is 17.8. The number of carboxylic acids is 1. The van der Waals surface area contributed by atoms with Gasteiger partial charge in [-0.2, -0.15) is 0 Å². The summed E-state index contributed by atoms with van der Waals surface area (Å²) in [5.41, 5.74) is 5.72. The predicted octanol–water partition coefficient (Wildman–Crippen LogP) is 4.21. The molecule has 0 fully saturated rings. The van der Waals surface area contributed by atoms with E-state index < -0.39 is 5.97 Å². The van der Waals surface area contributed by atoms with Gasteiger partial charge < -0.3 is 5.11 Å². The number of nitrogens with zero attached hydrogens (tertiary/aromatic N) is 1. The van der Waals surface area contributed by atoms with Gasteiger partial charge in [-0.15, -0.1) is 0 Å². The van der Waals surface area contributed by atoms with Gasteiger partial charge in [-0.05, 0) is 36.4 Å². The molecule has 5 nitrogen and oxygen atoms in total. The number of rotatable bonds is 6. The molecule has 0 saturated carbocycles. The second-order valence-electron chi connectivity index (χ2n) is 5.75. The summed E-state index contributed by atoms with van der Waals surface area (Å²) in [4.78, 5) is 23.5. The lowest BCUT2D eigenvalue weighted by atomic mass is 10.1. The van der Waals surface area contributed by atoms with Crippen LogP contribution in [0.5, 0.6) is 0 Å². The van der Waals surface area contributed by atoms with Gasteiger partial charge in [0.2, 0.25) is 0 Å². The van der Waals surface area contributed by atoms with Crippen molar-refractivity contribution in [1.29, 1.82) is 0 Å². The van der Waals surface area contributed by atoms with Gasteiger partial charge in [0.15, 0.2) is 0 Å². The van der Waals surface area contributed by atoms with Crippen LogP contribution in [0.25, 0.3) is 11.3 Å². The fourth-order valence-electron chi connectivity index (χ4n) is 2.64. The molecule has 0 aliphatic heterocycles. The summed E-state index contributed by atoms with van der Waals surface area (Å²) >= 11 is 5.95. The van der Waals surface area contributed by atoms with E-state index in [0.29, 0.717) is 22.7 Å². The van der Waals surface area contributed by atoms with Gasteiger partial charge in [0, 0.05) is 28.3 Å². The van der Waals surface area contributed by atoms with E-state index in [4.69, 9.17) is 16.7 Å². The van der Waals surface area contributed by atoms with Crippen molar-refractivity contribution in [2.45, 2.75) is 12.8 Å². The smallest absolute Gasteiger partial charge is 0.303 e. The monoisotopic (exact) mass is 368 g/mol. The summed E-state index contributed by atoms with van der Waals surface area (Å²) in [7, 11) is 0. The van der Waals surface area contributed by atoms with Crippen molar-refractivity contribution in [3.8, 4) is 11.3 Å². The van der Waals surface area contributed by atoms with Crippen molar-refractivity contribution in [2.24, 2.45) is 0 Å². The number of carbonyl (C=O) groups is 2. The highest BCUT2D eigenvalue weighted by atomic mass is 35.5. The van der Waals surface area contributed by atoms with E-state index in [1.165, 1.54) is 0 Å². The summed E-state index contributed by atoms with van der Waals surface area (Å²) in [5, 5.41) is 9.59. The minimum atomic E-state index is -0.889. The number of carboxylic acid groups (broad SMARTS) is 1. The summed E-state index contributed by atoms with van der Waals surface area (Å²) in [6, 6.07) is 19.8. The maximum atomic E-state index is 12.6. The van der Waals surface area contributed by atoms with Gasteiger partial charge in [-0.25, -0.2) is 0 Å². The van der Waals surface area contributed by atoms with Crippen molar-refractivity contribution in [3.05, 3.63) is 83.0 Å². The summed E-state index contributed by atoms with van der Waals surface area (Å²) in [6.07, 6.45) is 0.281. The summed E-state index contributed by atoms with van der Waals surface area (Å²) in [5.74, 6) is -1.16. The fourth-order valence-corrected chi connectivity index (χ4v) is 2.77. The van der Waals surface area contributed by atoms with E-state index in [1.807, 2.05) is 30.3 Å². The molecule has 3 rings (SSSR count). The van der Waals surface area contributed by atoms with Crippen LogP contribution in [-0.4, -0.2) is 21.7 Å². The van der Waals surface area contributed by atoms with Crippen LogP contribution in [0.1, 0.15) is 22.5 Å². The van der Waals surface area contributed by atoms with E-state index >= 15 is 0 Å². The molecular weight excluding hydrogens is 352 g/mol. The number of aryl methyl sites for hydroxylation is 1. The largest absolute Gasteiger partial charge is 0.481 e. The number of benzene rings is 2. The van der Waals surface area contributed by atoms with Gasteiger partial charge >= 0.3 is 5.97 Å². The topological polar surface area (TPSA) is 71.3 Å². The minimum absolute atomic E-state index is 0.0225. The number of aromatic nitrogens is 1. The Bertz CT molecular complexity index is 918. The first-order chi connectivity index (χ1) is 12.5. The van der Waals surface area contributed by atoms with Crippen molar-refractivity contribution in [3.63, 3.8) is 0 Å². The van der Waals surface area contributed by atoms with E-state index in [2.05, 4.69) is 5.43 Å². The van der Waals surface area contributed by atoms with E-state index in [1.54, 1.807) is 41.1 Å². The molecule has 2 aromatic carbocycles. The Hall–Kier alpha value is -3.05. The Morgan fingerprint density at radius 2 is 1.65 bits per heavy atom. The molecule has 0 atom stereocenters. The quantitative estimate of drug-likeness (QED) is 0.684. The minimum Gasteiger partial charge on any atom is -0.481 e. The zero-order chi connectivity index (χ0) is 18.5. The van der Waals surface area contributed by atoms with E-state index in [-0.39, 0.29) is 12.3 Å². The Balaban J connectivity index is 1.96. The highest BCUT2D eigenvalue weighted by Gasteiger charge is 2.14. The van der Waals surface area contributed by atoms with Crippen molar-refractivity contribution in [2.75, 3.05) is 5.43 Å². The van der Waals surface area contributed by atoms with Crippen LogP contribution < -0.4 is 5.43 Å². The van der Waals surface area contributed by atoms with Crippen LogP contribution in [0, 0.1) is 0 Å². The molecule has 0 spiro atoms. The average molecular weight is 369 g/mol. The highest BCUT2D eigenvalue weighted by molar-refractivity contribution is 6.30. The van der Waals surface area contributed by atoms with Gasteiger partial charge in [0.25, 0.3) is 5.91 Å². The van der Waals surface area contributed by atoms with E-state index in [9.17, 15) is 9.59 Å². The molecule has 2 N–H and O–H groups in total. The van der Waals surface area contributed by atoms with Gasteiger partial charge in [-0.1, -0.05) is 41.9 Å². The molecule has 3 aromatic rings. The Morgan fingerprint density at radius 3 is 2.31 bits per heavy atom. The molecule has 0 aliphatic rings. The lowest BCUT2D eigenvalue weighted by Gasteiger charge is -2.15. The Kier molecular flexibility index (Phi) is 5.39. The van der Waals surface area contributed by atoms with Gasteiger partial charge in [0.1, 0.15) is 0 Å². The maximum Gasteiger partial charge on any atom is 0.303 e. The standard InChI is InChI=1S/C20H17ClN2O3/c21-16-8-6-14(7-9-16)18-12-10-17(11-13-19(24)25)23(18)22-20(26)15-4-2-1-3-5-15/h1-10,12H,11,13H2,(H,22,26)(H,24,25). The first-order valence-electron chi connectivity index (χ1n) is 8.09. The van der Waals surface area contributed by atoms with E-state index in [0.717, 1.165) is 11.3 Å². The first-order valence-corrected chi connectivity index (χ1v) is 8.47.